The molecule has 2 aliphatic rings. The van der Waals surface area contributed by atoms with Gasteiger partial charge in [0.1, 0.15) is 5.60 Å². The van der Waals surface area contributed by atoms with E-state index in [4.69, 9.17) is 4.74 Å². The molecule has 0 amide bonds. The van der Waals surface area contributed by atoms with Crippen molar-refractivity contribution < 1.29 is 14.3 Å². The molecular formula is C19H28O3. The lowest BCUT2D eigenvalue weighted by molar-refractivity contribution is -0.150. The van der Waals surface area contributed by atoms with Gasteiger partial charge >= 0.3 is 5.97 Å². The van der Waals surface area contributed by atoms with Crippen LogP contribution in [-0.2, 0) is 14.3 Å². The van der Waals surface area contributed by atoms with Gasteiger partial charge in [-0.05, 0) is 52.4 Å². The number of hydrogen-bond donors (Lipinski definition) is 0. The molecule has 0 unspecified atom stereocenters. The van der Waals surface area contributed by atoms with Crippen LogP contribution in [0.3, 0.4) is 0 Å². The summed E-state index contributed by atoms with van der Waals surface area (Å²) < 4.78 is 5.48. The van der Waals surface area contributed by atoms with E-state index in [0.29, 0.717) is 24.0 Å². The molecule has 0 aromatic carbocycles. The highest BCUT2D eigenvalue weighted by atomic mass is 16.6. The number of esters is 1. The van der Waals surface area contributed by atoms with Crippen LogP contribution >= 0.6 is 0 Å². The molecule has 0 spiro atoms. The molecule has 0 bridgehead atoms. The van der Waals surface area contributed by atoms with Crippen LogP contribution in [-0.4, -0.2) is 17.4 Å². The van der Waals surface area contributed by atoms with Crippen molar-refractivity contribution in [1.82, 2.24) is 0 Å². The largest absolute Gasteiger partial charge is 0.457 e. The Hall–Kier alpha value is -1.38. The maximum atomic E-state index is 12.8. The van der Waals surface area contributed by atoms with E-state index in [9.17, 15) is 9.59 Å². The molecule has 0 saturated heterocycles. The molecule has 0 aromatic heterocycles. The Kier molecular flexibility index (Phi) is 5.25. The predicted octanol–water partition coefficient (Wildman–Crippen LogP) is 4.37. The zero-order valence-corrected chi connectivity index (χ0v) is 14.3. The van der Waals surface area contributed by atoms with Gasteiger partial charge in [0, 0.05) is 17.1 Å². The topological polar surface area (TPSA) is 43.4 Å². The number of ether oxygens (including phenoxy) is 1. The summed E-state index contributed by atoms with van der Waals surface area (Å²) in [6, 6.07) is 0. The molecule has 122 valence electrons. The van der Waals surface area contributed by atoms with Gasteiger partial charge < -0.3 is 4.74 Å². The maximum Gasteiger partial charge on any atom is 0.335 e. The van der Waals surface area contributed by atoms with Crippen molar-refractivity contribution in [2.24, 2.45) is 11.8 Å². The van der Waals surface area contributed by atoms with Crippen LogP contribution in [0.15, 0.2) is 23.3 Å². The summed E-state index contributed by atoms with van der Waals surface area (Å²) in [7, 11) is 0. The summed E-state index contributed by atoms with van der Waals surface area (Å²) in [5.74, 6) is 0.659. The second kappa shape index (κ2) is 6.80. The van der Waals surface area contributed by atoms with E-state index in [-0.39, 0.29) is 17.7 Å². The van der Waals surface area contributed by atoms with Crippen LogP contribution < -0.4 is 0 Å². The SMILES string of the molecule is CC1CCC(C(=O)C2=C(C(=O)OC(C)(C)C)CC=CC2)CC1. The average molecular weight is 304 g/mol. The molecular weight excluding hydrogens is 276 g/mol. The molecule has 0 heterocycles. The zero-order chi connectivity index (χ0) is 16.3. The number of carbonyl (C=O) groups excluding carboxylic acids is 2. The number of ketones is 1. The second-order valence-corrected chi connectivity index (χ2v) is 7.66. The highest BCUT2D eigenvalue weighted by Gasteiger charge is 2.31. The molecule has 3 nitrogen and oxygen atoms in total. The van der Waals surface area contributed by atoms with Crippen molar-refractivity contribution >= 4 is 11.8 Å². The highest BCUT2D eigenvalue weighted by molar-refractivity contribution is 6.05. The normalized spacial score (nSPS) is 26.0. The Balaban J connectivity index is 2.16. The minimum atomic E-state index is -0.528. The van der Waals surface area contributed by atoms with Crippen LogP contribution in [0.1, 0.15) is 66.2 Å². The smallest absolute Gasteiger partial charge is 0.335 e. The Labute approximate surface area is 133 Å². The van der Waals surface area contributed by atoms with E-state index >= 15 is 0 Å². The van der Waals surface area contributed by atoms with E-state index in [0.717, 1.165) is 31.6 Å². The van der Waals surface area contributed by atoms with Crippen molar-refractivity contribution in [3.05, 3.63) is 23.3 Å². The van der Waals surface area contributed by atoms with Crippen LogP contribution in [0.25, 0.3) is 0 Å². The van der Waals surface area contributed by atoms with Gasteiger partial charge in [-0.25, -0.2) is 4.79 Å². The first-order valence-corrected chi connectivity index (χ1v) is 8.42. The third-order valence-corrected chi connectivity index (χ3v) is 4.50. The Morgan fingerprint density at radius 2 is 1.55 bits per heavy atom. The standard InChI is InChI=1S/C19H28O3/c1-13-9-11-14(12-10-13)17(20)15-7-5-6-8-16(15)18(21)22-19(2,3)4/h5-6,13-14H,7-12H2,1-4H3. The van der Waals surface area contributed by atoms with E-state index < -0.39 is 5.60 Å². The van der Waals surface area contributed by atoms with E-state index in [2.05, 4.69) is 6.92 Å². The Bertz CT molecular complexity index is 497. The lowest BCUT2D eigenvalue weighted by Gasteiger charge is -2.27. The zero-order valence-electron chi connectivity index (χ0n) is 14.3. The summed E-state index contributed by atoms with van der Waals surface area (Å²) in [6.07, 6.45) is 9.16. The lowest BCUT2D eigenvalue weighted by atomic mass is 9.77. The monoisotopic (exact) mass is 304 g/mol. The number of carbonyl (C=O) groups is 2. The predicted molar refractivity (Wildman–Crippen MR) is 87.4 cm³/mol. The molecule has 22 heavy (non-hydrogen) atoms. The van der Waals surface area contributed by atoms with Gasteiger partial charge in [0.25, 0.3) is 0 Å². The lowest BCUT2D eigenvalue weighted by Crippen LogP contribution is -2.28. The molecule has 0 atom stereocenters. The number of rotatable bonds is 3. The summed E-state index contributed by atoms with van der Waals surface area (Å²) in [6.45, 7) is 7.81. The maximum absolute atomic E-state index is 12.8. The minimum Gasteiger partial charge on any atom is -0.457 e. The van der Waals surface area contributed by atoms with Crippen LogP contribution in [0.4, 0.5) is 0 Å². The fraction of sp³-hybridized carbons (Fsp3) is 0.684. The molecule has 0 radical (unpaired) electrons. The molecule has 0 aliphatic heterocycles. The first-order valence-electron chi connectivity index (χ1n) is 8.42. The van der Waals surface area contributed by atoms with E-state index in [1.165, 1.54) is 0 Å². The molecule has 1 fully saturated rings. The summed E-state index contributed by atoms with van der Waals surface area (Å²) >= 11 is 0. The molecule has 3 heteroatoms. The van der Waals surface area contributed by atoms with Gasteiger partial charge in [-0.2, -0.15) is 0 Å². The third kappa shape index (κ3) is 4.31. The average Bonchev–Trinajstić information content (AvgIpc) is 2.45. The van der Waals surface area contributed by atoms with Gasteiger partial charge in [0.2, 0.25) is 0 Å². The van der Waals surface area contributed by atoms with Gasteiger partial charge in [-0.3, -0.25) is 4.79 Å². The van der Waals surface area contributed by atoms with Crippen molar-refractivity contribution in [1.29, 1.82) is 0 Å². The van der Waals surface area contributed by atoms with Gasteiger partial charge in [0.05, 0.1) is 0 Å². The summed E-state index contributed by atoms with van der Waals surface area (Å²) in [5, 5.41) is 0. The van der Waals surface area contributed by atoms with Crippen LogP contribution in [0, 0.1) is 11.8 Å². The van der Waals surface area contributed by atoms with Gasteiger partial charge in [-0.15, -0.1) is 0 Å². The van der Waals surface area contributed by atoms with E-state index in [1.54, 1.807) is 0 Å². The third-order valence-electron chi connectivity index (χ3n) is 4.50. The van der Waals surface area contributed by atoms with Crippen LogP contribution in [0.5, 0.6) is 0 Å². The summed E-state index contributed by atoms with van der Waals surface area (Å²) in [4.78, 5) is 25.2. The van der Waals surface area contributed by atoms with E-state index in [1.807, 2.05) is 32.9 Å². The van der Waals surface area contributed by atoms with Crippen molar-refractivity contribution in [2.75, 3.05) is 0 Å². The number of hydrogen-bond acceptors (Lipinski definition) is 3. The molecule has 2 aliphatic carbocycles. The fourth-order valence-electron chi connectivity index (χ4n) is 3.21. The van der Waals surface area contributed by atoms with Crippen molar-refractivity contribution in [2.45, 2.75) is 71.8 Å². The minimum absolute atomic E-state index is 0.0927. The fourth-order valence-corrected chi connectivity index (χ4v) is 3.21. The summed E-state index contributed by atoms with van der Waals surface area (Å²) in [5.41, 5.74) is 0.733. The van der Waals surface area contributed by atoms with Gasteiger partial charge in [-0.1, -0.05) is 31.9 Å². The second-order valence-electron chi connectivity index (χ2n) is 7.66. The molecule has 0 aromatic rings. The molecule has 1 saturated carbocycles. The highest BCUT2D eigenvalue weighted by Crippen LogP contribution is 2.33. The Morgan fingerprint density at radius 3 is 2.09 bits per heavy atom. The quantitative estimate of drug-likeness (QED) is 0.574. The van der Waals surface area contributed by atoms with Crippen LogP contribution in [0.2, 0.25) is 0 Å². The van der Waals surface area contributed by atoms with Gasteiger partial charge in [0.15, 0.2) is 5.78 Å². The Morgan fingerprint density at radius 1 is 1.00 bits per heavy atom. The number of Topliss-reactive ketones (excluding diaryl/α,β-unsaturated/α-hetero) is 1. The first kappa shape index (κ1) is 17.0. The first-order chi connectivity index (χ1) is 10.3. The number of allylic oxidation sites excluding steroid dienone is 3. The molecule has 0 N–H and O–H groups in total. The molecule has 2 rings (SSSR count). The van der Waals surface area contributed by atoms with Crippen molar-refractivity contribution in [3.63, 3.8) is 0 Å². The van der Waals surface area contributed by atoms with Crippen molar-refractivity contribution in [3.8, 4) is 0 Å².